The quantitative estimate of drug-likeness (QED) is 0.481. The Morgan fingerprint density at radius 1 is 1.40 bits per heavy atom. The summed E-state index contributed by atoms with van der Waals surface area (Å²) in [6.45, 7) is 0. The molecule has 0 heterocycles. The fraction of sp³-hybridized carbons (Fsp3) is 0.250. The summed E-state index contributed by atoms with van der Waals surface area (Å²) in [6.07, 6.45) is -0.820. The number of benzene rings is 1. The van der Waals surface area contributed by atoms with Crippen LogP contribution in [0, 0.1) is 5.82 Å². The Hall–Kier alpha value is -2.64. The van der Waals surface area contributed by atoms with Crippen molar-refractivity contribution in [2.24, 2.45) is 0 Å². The molecule has 1 rings (SSSR count). The Labute approximate surface area is 113 Å². The van der Waals surface area contributed by atoms with Gasteiger partial charge in [-0.3, -0.25) is 4.79 Å². The van der Waals surface area contributed by atoms with Crippen LogP contribution in [0.25, 0.3) is 0 Å². The van der Waals surface area contributed by atoms with E-state index in [1.54, 1.807) is 5.32 Å². The van der Waals surface area contributed by atoms with Crippen LogP contribution in [-0.2, 0) is 20.8 Å². The number of carbonyl (C=O) groups is 3. The number of aliphatic carboxylic acids is 2. The second-order valence-corrected chi connectivity index (χ2v) is 3.91. The summed E-state index contributed by atoms with van der Waals surface area (Å²) in [5.41, 5.74) is -2.85. The van der Waals surface area contributed by atoms with Gasteiger partial charge in [0.05, 0.1) is 7.11 Å². The monoisotopic (exact) mass is 285 g/mol. The molecule has 0 radical (unpaired) electrons. The first-order valence-corrected chi connectivity index (χ1v) is 5.38. The Bertz CT molecular complexity index is 531. The van der Waals surface area contributed by atoms with Gasteiger partial charge >= 0.3 is 11.9 Å². The Balaban J connectivity index is 3.28. The van der Waals surface area contributed by atoms with Gasteiger partial charge in [-0.15, -0.1) is 0 Å². The average molecular weight is 285 g/mol. The molecule has 1 amide bonds. The van der Waals surface area contributed by atoms with E-state index in [0.29, 0.717) is 0 Å². The molecule has 20 heavy (non-hydrogen) atoms. The van der Waals surface area contributed by atoms with Gasteiger partial charge in [-0.25, -0.2) is 14.0 Å². The van der Waals surface area contributed by atoms with Crippen LogP contribution in [0.4, 0.5) is 4.39 Å². The number of hydrogen-bond acceptors (Lipinski definition) is 4. The van der Waals surface area contributed by atoms with Crippen molar-refractivity contribution in [2.75, 3.05) is 7.11 Å². The number of ether oxygens (including phenoxy) is 1. The number of hydrogen-bond donors (Lipinski definition) is 3. The summed E-state index contributed by atoms with van der Waals surface area (Å²) in [4.78, 5) is 32.8. The van der Waals surface area contributed by atoms with Crippen molar-refractivity contribution >= 4 is 18.3 Å². The molecule has 8 heteroatoms. The molecule has 3 N–H and O–H groups in total. The second-order valence-electron chi connectivity index (χ2n) is 3.91. The van der Waals surface area contributed by atoms with Gasteiger partial charge in [-0.1, -0.05) is 0 Å². The molecule has 0 saturated heterocycles. The fourth-order valence-corrected chi connectivity index (χ4v) is 1.62. The molecule has 0 unspecified atom stereocenters. The number of nitrogens with one attached hydrogen (secondary N) is 1. The molecule has 1 aromatic carbocycles. The molecule has 0 aliphatic heterocycles. The number of carbonyl (C=O) groups excluding carboxylic acids is 1. The maximum atomic E-state index is 13.6. The van der Waals surface area contributed by atoms with E-state index in [-0.39, 0.29) is 17.7 Å². The van der Waals surface area contributed by atoms with Crippen LogP contribution in [0.15, 0.2) is 18.2 Å². The van der Waals surface area contributed by atoms with Crippen LogP contribution in [-0.4, -0.2) is 41.2 Å². The largest absolute Gasteiger partial charge is 0.497 e. The van der Waals surface area contributed by atoms with E-state index in [4.69, 9.17) is 14.9 Å². The summed E-state index contributed by atoms with van der Waals surface area (Å²) in [5.74, 6) is -4.18. The summed E-state index contributed by atoms with van der Waals surface area (Å²) < 4.78 is 18.5. The van der Waals surface area contributed by atoms with Crippen molar-refractivity contribution in [2.45, 2.75) is 12.0 Å². The van der Waals surface area contributed by atoms with E-state index >= 15 is 0 Å². The van der Waals surface area contributed by atoms with Crippen LogP contribution in [0.2, 0.25) is 0 Å². The molecule has 0 saturated carbocycles. The Kier molecular flexibility index (Phi) is 4.63. The minimum atomic E-state index is -2.64. The predicted molar refractivity (Wildman–Crippen MR) is 63.9 cm³/mol. The van der Waals surface area contributed by atoms with Gasteiger partial charge in [0, 0.05) is 6.42 Å². The van der Waals surface area contributed by atoms with Crippen molar-refractivity contribution in [1.82, 2.24) is 5.32 Å². The maximum absolute atomic E-state index is 13.6. The molecule has 0 bridgehead atoms. The van der Waals surface area contributed by atoms with Crippen LogP contribution in [0.5, 0.6) is 5.75 Å². The van der Waals surface area contributed by atoms with Crippen molar-refractivity contribution in [1.29, 1.82) is 0 Å². The van der Waals surface area contributed by atoms with Gasteiger partial charge in [0.25, 0.3) is 0 Å². The first-order chi connectivity index (χ1) is 9.37. The van der Waals surface area contributed by atoms with Crippen LogP contribution in [0.3, 0.4) is 0 Å². The van der Waals surface area contributed by atoms with Crippen LogP contribution >= 0.6 is 0 Å². The van der Waals surface area contributed by atoms with E-state index in [1.165, 1.54) is 19.2 Å². The third kappa shape index (κ3) is 2.85. The number of carboxylic acid groups (broad SMARTS) is 2. The normalized spacial score (nSPS) is 10.7. The van der Waals surface area contributed by atoms with Gasteiger partial charge in [0.1, 0.15) is 11.6 Å². The standard InChI is InChI=1S/C12H12FNO6/c1-20-8-2-3-9(13)7(4-8)5-12(10(16)17,11(18)19)14-6-15/h2-4,6H,5H2,1H3,(H,14,15)(H,16,17)(H,18,19). The lowest BCUT2D eigenvalue weighted by molar-refractivity contribution is -0.160. The van der Waals surface area contributed by atoms with Gasteiger partial charge in [-0.05, 0) is 23.8 Å². The highest BCUT2D eigenvalue weighted by molar-refractivity contribution is 6.05. The van der Waals surface area contributed by atoms with E-state index < -0.39 is 29.7 Å². The molecule has 0 aliphatic carbocycles. The van der Waals surface area contributed by atoms with E-state index in [1.807, 2.05) is 0 Å². The minimum Gasteiger partial charge on any atom is -0.497 e. The SMILES string of the molecule is COc1ccc(F)c(CC(NC=O)(C(=O)O)C(=O)O)c1. The van der Waals surface area contributed by atoms with Crippen molar-refractivity contribution in [3.05, 3.63) is 29.6 Å². The third-order valence-electron chi connectivity index (χ3n) is 2.74. The van der Waals surface area contributed by atoms with Gasteiger partial charge in [0.15, 0.2) is 0 Å². The lowest BCUT2D eigenvalue weighted by Crippen LogP contribution is -2.59. The molecule has 0 aliphatic rings. The molecule has 0 aromatic heterocycles. The molecular weight excluding hydrogens is 273 g/mol. The maximum Gasteiger partial charge on any atom is 0.341 e. The number of rotatable bonds is 7. The third-order valence-corrected chi connectivity index (χ3v) is 2.74. The van der Waals surface area contributed by atoms with E-state index in [9.17, 15) is 18.8 Å². The highest BCUT2D eigenvalue weighted by Crippen LogP contribution is 2.22. The second kappa shape index (κ2) is 6.00. The zero-order valence-electron chi connectivity index (χ0n) is 10.4. The lowest BCUT2D eigenvalue weighted by Gasteiger charge is -2.24. The smallest absolute Gasteiger partial charge is 0.341 e. The summed E-state index contributed by atoms with van der Waals surface area (Å²) in [5, 5.41) is 19.8. The Morgan fingerprint density at radius 2 is 2.00 bits per heavy atom. The molecule has 7 nitrogen and oxygen atoms in total. The zero-order chi connectivity index (χ0) is 15.3. The molecular formula is C12H12FNO6. The minimum absolute atomic E-state index is 0.0552. The molecule has 0 atom stereocenters. The number of methoxy groups -OCH3 is 1. The zero-order valence-corrected chi connectivity index (χ0v) is 10.4. The first kappa shape index (κ1) is 15.4. The highest BCUT2D eigenvalue weighted by Gasteiger charge is 2.47. The van der Waals surface area contributed by atoms with Crippen LogP contribution in [0.1, 0.15) is 5.56 Å². The Morgan fingerprint density at radius 3 is 2.45 bits per heavy atom. The number of halogens is 1. The van der Waals surface area contributed by atoms with E-state index in [2.05, 4.69) is 0 Å². The van der Waals surface area contributed by atoms with Crippen molar-refractivity contribution < 1.29 is 33.7 Å². The van der Waals surface area contributed by atoms with Crippen LogP contribution < -0.4 is 10.1 Å². The first-order valence-electron chi connectivity index (χ1n) is 5.38. The topological polar surface area (TPSA) is 113 Å². The molecule has 0 spiro atoms. The molecule has 0 fully saturated rings. The lowest BCUT2D eigenvalue weighted by atomic mass is 9.90. The summed E-state index contributed by atoms with van der Waals surface area (Å²) in [6, 6.07) is 3.49. The van der Waals surface area contributed by atoms with Gasteiger partial charge < -0.3 is 20.3 Å². The number of carboxylic acids is 2. The van der Waals surface area contributed by atoms with Crippen molar-refractivity contribution in [3.8, 4) is 5.75 Å². The predicted octanol–water partition coefficient (Wildman–Crippen LogP) is 0.0308. The van der Waals surface area contributed by atoms with Crippen molar-refractivity contribution in [3.63, 3.8) is 0 Å². The highest BCUT2D eigenvalue weighted by atomic mass is 19.1. The summed E-state index contributed by atoms with van der Waals surface area (Å²) in [7, 11) is 1.32. The average Bonchev–Trinajstić information content (AvgIpc) is 2.39. The fourth-order valence-electron chi connectivity index (χ4n) is 1.62. The van der Waals surface area contributed by atoms with E-state index in [0.717, 1.165) is 6.07 Å². The molecule has 1 aromatic rings. The summed E-state index contributed by atoms with van der Waals surface area (Å²) >= 11 is 0. The van der Waals surface area contributed by atoms with Gasteiger partial charge in [-0.2, -0.15) is 0 Å². The number of amides is 1. The van der Waals surface area contributed by atoms with Gasteiger partial charge in [0.2, 0.25) is 11.9 Å². The molecule has 108 valence electrons.